The Morgan fingerprint density at radius 2 is 1.95 bits per heavy atom. The number of aryl methyl sites for hydroxylation is 1. The van der Waals surface area contributed by atoms with Crippen LogP contribution in [0.15, 0.2) is 45.5 Å². The maximum atomic E-state index is 12.9. The van der Waals surface area contributed by atoms with Gasteiger partial charge in [0.25, 0.3) is 15.6 Å². The number of nitrogens with one attached hydrogen (secondary N) is 1. The molecule has 6 nitrogen and oxygen atoms in total. The largest absolute Gasteiger partial charge is 0.279 e. The highest BCUT2D eigenvalue weighted by molar-refractivity contribution is 7.92. The first kappa shape index (κ1) is 14.7. The fraction of sp³-hybridized carbons (Fsp3) is 0.0769. The molecule has 0 saturated carbocycles. The van der Waals surface area contributed by atoms with Crippen LogP contribution < -0.4 is 10.3 Å². The van der Waals surface area contributed by atoms with Gasteiger partial charge in [-0.1, -0.05) is 0 Å². The molecular weight excluding hydrogens is 329 g/mol. The van der Waals surface area contributed by atoms with Crippen molar-refractivity contribution in [3.63, 3.8) is 0 Å². The van der Waals surface area contributed by atoms with Gasteiger partial charge in [-0.05, 0) is 31.2 Å². The monoisotopic (exact) mass is 339 g/mol. The SMILES string of the molecule is Cc1nc2sccn2c(=O)c1S(=O)(=O)Nc1ccc(F)cc1. The van der Waals surface area contributed by atoms with Crippen LogP contribution in [0.2, 0.25) is 0 Å². The zero-order valence-corrected chi connectivity index (χ0v) is 12.9. The average molecular weight is 339 g/mol. The molecule has 0 aliphatic carbocycles. The van der Waals surface area contributed by atoms with E-state index in [-0.39, 0.29) is 11.4 Å². The maximum Gasteiger partial charge on any atom is 0.279 e. The van der Waals surface area contributed by atoms with Crippen molar-refractivity contribution in [2.45, 2.75) is 11.8 Å². The second kappa shape index (κ2) is 5.18. The molecule has 0 unspecified atom stereocenters. The number of nitrogens with zero attached hydrogens (tertiary/aromatic N) is 2. The number of fused-ring (bicyclic) bond motifs is 1. The highest BCUT2D eigenvalue weighted by Gasteiger charge is 2.24. The number of rotatable bonds is 3. The van der Waals surface area contributed by atoms with Gasteiger partial charge in [-0.25, -0.2) is 17.8 Å². The number of thiazole rings is 1. The van der Waals surface area contributed by atoms with Crippen molar-refractivity contribution >= 4 is 32.0 Å². The van der Waals surface area contributed by atoms with Crippen LogP contribution in [0.25, 0.3) is 4.96 Å². The summed E-state index contributed by atoms with van der Waals surface area (Å²) in [5, 5.41) is 1.65. The molecule has 0 aliphatic heterocycles. The van der Waals surface area contributed by atoms with Gasteiger partial charge >= 0.3 is 0 Å². The molecule has 114 valence electrons. The Bertz CT molecular complexity index is 1010. The Balaban J connectivity index is 2.12. The van der Waals surface area contributed by atoms with Crippen molar-refractivity contribution in [2.75, 3.05) is 4.72 Å². The summed E-state index contributed by atoms with van der Waals surface area (Å²) >= 11 is 1.24. The molecule has 9 heteroatoms. The predicted molar refractivity (Wildman–Crippen MR) is 81.3 cm³/mol. The first-order valence-corrected chi connectivity index (χ1v) is 8.49. The Morgan fingerprint density at radius 3 is 2.64 bits per heavy atom. The molecule has 0 bridgehead atoms. The molecular formula is C13H10FN3O3S2. The zero-order valence-electron chi connectivity index (χ0n) is 11.3. The maximum absolute atomic E-state index is 12.9. The van der Waals surface area contributed by atoms with E-state index in [2.05, 4.69) is 9.71 Å². The first-order valence-electron chi connectivity index (χ1n) is 6.13. The molecule has 0 atom stereocenters. The molecule has 0 aliphatic rings. The summed E-state index contributed by atoms with van der Waals surface area (Å²) in [6, 6.07) is 4.79. The van der Waals surface area contributed by atoms with Gasteiger partial charge < -0.3 is 0 Å². The van der Waals surface area contributed by atoms with Crippen molar-refractivity contribution < 1.29 is 12.8 Å². The quantitative estimate of drug-likeness (QED) is 0.791. The Kier molecular flexibility index (Phi) is 3.45. The summed E-state index contributed by atoms with van der Waals surface area (Å²) in [5.74, 6) is -0.486. The van der Waals surface area contributed by atoms with Crippen molar-refractivity contribution in [3.8, 4) is 0 Å². The van der Waals surface area contributed by atoms with E-state index in [0.717, 1.165) is 12.1 Å². The van der Waals surface area contributed by atoms with Crippen LogP contribution >= 0.6 is 11.3 Å². The molecule has 2 aromatic heterocycles. The van der Waals surface area contributed by atoms with Gasteiger partial charge in [-0.15, -0.1) is 11.3 Å². The number of aromatic nitrogens is 2. The topological polar surface area (TPSA) is 80.5 Å². The van der Waals surface area contributed by atoms with Gasteiger partial charge in [-0.3, -0.25) is 13.9 Å². The molecule has 0 fully saturated rings. The van der Waals surface area contributed by atoms with Gasteiger partial charge in [-0.2, -0.15) is 0 Å². The van der Waals surface area contributed by atoms with E-state index >= 15 is 0 Å². The molecule has 2 heterocycles. The molecule has 0 radical (unpaired) electrons. The Morgan fingerprint density at radius 1 is 1.27 bits per heavy atom. The molecule has 0 amide bonds. The molecule has 1 N–H and O–H groups in total. The van der Waals surface area contributed by atoms with Gasteiger partial charge in [0.1, 0.15) is 5.82 Å². The van der Waals surface area contributed by atoms with Gasteiger partial charge in [0.15, 0.2) is 9.86 Å². The number of hydrogen-bond acceptors (Lipinski definition) is 5. The second-order valence-corrected chi connectivity index (χ2v) is 6.99. The minimum Gasteiger partial charge on any atom is -0.279 e. The zero-order chi connectivity index (χ0) is 15.9. The van der Waals surface area contributed by atoms with Crippen molar-refractivity contribution in [3.05, 3.63) is 57.7 Å². The standard InChI is InChI=1S/C13H10FN3O3S2/c1-8-11(12(18)17-6-7-21-13(17)15-8)22(19,20)16-10-4-2-9(14)3-5-10/h2-7,16H,1H3. The molecule has 3 aromatic rings. The van der Waals surface area contributed by atoms with E-state index in [1.807, 2.05) is 0 Å². The second-order valence-electron chi connectivity index (χ2n) is 4.50. The lowest BCUT2D eigenvalue weighted by atomic mass is 10.3. The van der Waals surface area contributed by atoms with Crippen molar-refractivity contribution in [2.24, 2.45) is 0 Å². The van der Waals surface area contributed by atoms with E-state index in [4.69, 9.17) is 0 Å². The predicted octanol–water partition coefficient (Wildman–Crippen LogP) is 2.00. The summed E-state index contributed by atoms with van der Waals surface area (Å²) < 4.78 is 41.2. The third-order valence-corrected chi connectivity index (χ3v) is 5.23. The van der Waals surface area contributed by atoms with Crippen LogP contribution in [0.1, 0.15) is 5.69 Å². The van der Waals surface area contributed by atoms with Crippen molar-refractivity contribution in [1.29, 1.82) is 0 Å². The number of benzene rings is 1. The molecule has 3 rings (SSSR count). The summed E-state index contributed by atoms with van der Waals surface area (Å²) in [6.45, 7) is 1.46. The van der Waals surface area contributed by atoms with Crippen LogP contribution in [0.5, 0.6) is 0 Å². The van der Waals surface area contributed by atoms with Crippen molar-refractivity contribution in [1.82, 2.24) is 9.38 Å². The molecule has 22 heavy (non-hydrogen) atoms. The van der Waals surface area contributed by atoms with Gasteiger partial charge in [0.2, 0.25) is 0 Å². The van der Waals surface area contributed by atoms with Crippen LogP contribution in [-0.4, -0.2) is 17.8 Å². The van der Waals surface area contributed by atoms with E-state index in [9.17, 15) is 17.6 Å². The third-order valence-electron chi connectivity index (χ3n) is 2.96. The van der Waals surface area contributed by atoms with Crippen LogP contribution in [-0.2, 0) is 10.0 Å². The van der Waals surface area contributed by atoms with Crippen LogP contribution in [0, 0.1) is 12.7 Å². The van der Waals surface area contributed by atoms with E-state index in [1.54, 1.807) is 5.38 Å². The fourth-order valence-electron chi connectivity index (χ4n) is 2.00. The van der Waals surface area contributed by atoms with Crippen LogP contribution in [0.4, 0.5) is 10.1 Å². The summed E-state index contributed by atoms with van der Waals surface area (Å²) in [7, 11) is -4.12. The lowest BCUT2D eigenvalue weighted by Gasteiger charge is -2.09. The average Bonchev–Trinajstić information content (AvgIpc) is 2.89. The third kappa shape index (κ3) is 2.48. The number of anilines is 1. The highest BCUT2D eigenvalue weighted by Crippen LogP contribution is 2.17. The van der Waals surface area contributed by atoms with Crippen LogP contribution in [0.3, 0.4) is 0 Å². The van der Waals surface area contributed by atoms with E-state index < -0.39 is 26.3 Å². The molecule has 1 aromatic carbocycles. The highest BCUT2D eigenvalue weighted by atomic mass is 32.2. The number of sulfonamides is 1. The lowest BCUT2D eigenvalue weighted by Crippen LogP contribution is -2.27. The van der Waals surface area contributed by atoms with E-state index in [0.29, 0.717) is 4.96 Å². The normalized spacial score (nSPS) is 11.7. The minimum atomic E-state index is -4.12. The smallest absolute Gasteiger partial charge is 0.279 e. The minimum absolute atomic E-state index is 0.113. The lowest BCUT2D eigenvalue weighted by molar-refractivity contribution is 0.598. The Labute approximate surface area is 128 Å². The molecule has 0 spiro atoms. The van der Waals surface area contributed by atoms with E-state index in [1.165, 1.54) is 41.0 Å². The number of hydrogen-bond donors (Lipinski definition) is 1. The summed E-state index contributed by atoms with van der Waals surface area (Å²) in [4.78, 5) is 16.5. The number of halogens is 1. The van der Waals surface area contributed by atoms with Gasteiger partial charge in [0, 0.05) is 17.3 Å². The fourth-order valence-corrected chi connectivity index (χ4v) is 4.06. The molecule has 0 saturated heterocycles. The summed E-state index contributed by atoms with van der Waals surface area (Å²) in [5.41, 5.74) is -0.393. The van der Waals surface area contributed by atoms with Gasteiger partial charge in [0.05, 0.1) is 5.69 Å². The summed E-state index contributed by atoms with van der Waals surface area (Å²) in [6.07, 6.45) is 1.46. The first-order chi connectivity index (χ1) is 10.4. The Hall–Kier alpha value is -2.26.